The topological polar surface area (TPSA) is 73.7 Å². The van der Waals surface area contributed by atoms with E-state index in [4.69, 9.17) is 23.8 Å². The minimum absolute atomic E-state index is 0.116. The molecule has 0 heterocycles. The molecule has 3 N–H and O–H groups in total. The minimum Gasteiger partial charge on any atom is -0.506 e. The molecular formula is C23H19BrClN3O2S. The number of halogens is 2. The Hall–Kier alpha value is -2.74. The maximum Gasteiger partial charge on any atom is 0.222 e. The first-order chi connectivity index (χ1) is 14.8. The van der Waals surface area contributed by atoms with Gasteiger partial charge >= 0.3 is 0 Å². The lowest BCUT2D eigenvalue weighted by molar-refractivity contribution is -0.117. The lowest BCUT2D eigenvalue weighted by Gasteiger charge is -2.09. The SMILES string of the molecule is CC(=O)NC(=S)Nc1ccc(N=Cc2cc(Cc3ccccc3Cl)cc(Br)c2O)cc1. The van der Waals surface area contributed by atoms with Gasteiger partial charge in [-0.15, -0.1) is 0 Å². The molecule has 0 aromatic heterocycles. The summed E-state index contributed by atoms with van der Waals surface area (Å²) in [6.45, 7) is 1.39. The van der Waals surface area contributed by atoms with Gasteiger partial charge < -0.3 is 15.7 Å². The number of hydrogen-bond acceptors (Lipinski definition) is 4. The van der Waals surface area contributed by atoms with E-state index in [0.29, 0.717) is 27.2 Å². The summed E-state index contributed by atoms with van der Waals surface area (Å²) in [5.74, 6) is -0.118. The third-order valence-electron chi connectivity index (χ3n) is 4.27. The van der Waals surface area contributed by atoms with E-state index in [0.717, 1.165) is 16.8 Å². The number of benzene rings is 3. The van der Waals surface area contributed by atoms with Crippen LogP contribution < -0.4 is 10.6 Å². The predicted molar refractivity (Wildman–Crippen MR) is 134 cm³/mol. The Bertz CT molecular complexity index is 1150. The molecule has 3 aromatic rings. The number of aromatic hydroxyl groups is 1. The number of amides is 1. The van der Waals surface area contributed by atoms with Crippen LogP contribution in [0.1, 0.15) is 23.6 Å². The molecule has 0 spiro atoms. The number of carbonyl (C=O) groups is 1. The van der Waals surface area contributed by atoms with Gasteiger partial charge in [0.25, 0.3) is 0 Å². The Labute approximate surface area is 199 Å². The van der Waals surface area contributed by atoms with Crippen LogP contribution in [-0.2, 0) is 11.2 Å². The number of phenolic OH excluding ortho intramolecular Hbond substituents is 1. The molecule has 0 atom stereocenters. The number of carbonyl (C=O) groups excluding carboxylic acids is 1. The Morgan fingerprint density at radius 3 is 2.58 bits per heavy atom. The lowest BCUT2D eigenvalue weighted by atomic mass is 10.0. The maximum absolute atomic E-state index is 11.0. The molecule has 5 nitrogen and oxygen atoms in total. The van der Waals surface area contributed by atoms with Crippen LogP contribution in [0, 0.1) is 0 Å². The number of rotatable bonds is 5. The van der Waals surface area contributed by atoms with Crippen LogP contribution in [0.4, 0.5) is 11.4 Å². The number of thiocarbonyl (C=S) groups is 1. The van der Waals surface area contributed by atoms with Crippen LogP contribution in [-0.4, -0.2) is 22.3 Å². The molecule has 0 aliphatic rings. The average Bonchev–Trinajstić information content (AvgIpc) is 2.71. The van der Waals surface area contributed by atoms with E-state index in [1.165, 1.54) is 6.92 Å². The van der Waals surface area contributed by atoms with Gasteiger partial charge in [-0.05, 0) is 88.2 Å². The third kappa shape index (κ3) is 6.62. The second kappa shape index (κ2) is 10.5. The molecule has 8 heteroatoms. The van der Waals surface area contributed by atoms with Crippen molar-refractivity contribution in [1.82, 2.24) is 5.32 Å². The van der Waals surface area contributed by atoms with Crippen molar-refractivity contribution in [3.8, 4) is 5.75 Å². The highest BCUT2D eigenvalue weighted by molar-refractivity contribution is 9.10. The number of anilines is 1. The van der Waals surface area contributed by atoms with Gasteiger partial charge in [0.15, 0.2) is 5.11 Å². The van der Waals surface area contributed by atoms with Crippen molar-refractivity contribution in [2.24, 2.45) is 4.99 Å². The molecule has 0 saturated carbocycles. The summed E-state index contributed by atoms with van der Waals surface area (Å²) in [6.07, 6.45) is 2.24. The van der Waals surface area contributed by atoms with Crippen LogP contribution >= 0.6 is 39.7 Å². The van der Waals surface area contributed by atoms with Crippen molar-refractivity contribution >= 4 is 68.4 Å². The predicted octanol–water partition coefficient (Wildman–Crippen LogP) is 5.98. The largest absolute Gasteiger partial charge is 0.506 e. The van der Waals surface area contributed by atoms with Gasteiger partial charge in [0.1, 0.15) is 5.75 Å². The molecule has 3 rings (SSSR count). The molecule has 158 valence electrons. The zero-order chi connectivity index (χ0) is 22.4. The fourth-order valence-electron chi connectivity index (χ4n) is 2.84. The van der Waals surface area contributed by atoms with Gasteiger partial charge in [-0.25, -0.2) is 0 Å². The summed E-state index contributed by atoms with van der Waals surface area (Å²) in [5, 5.41) is 16.8. The van der Waals surface area contributed by atoms with E-state index < -0.39 is 0 Å². The number of phenols is 1. The van der Waals surface area contributed by atoms with E-state index in [9.17, 15) is 9.90 Å². The molecule has 0 unspecified atom stereocenters. The smallest absolute Gasteiger partial charge is 0.222 e. The monoisotopic (exact) mass is 515 g/mol. The summed E-state index contributed by atoms with van der Waals surface area (Å²) in [5.41, 5.74) is 4.01. The summed E-state index contributed by atoms with van der Waals surface area (Å²) in [4.78, 5) is 15.5. The number of nitrogens with one attached hydrogen (secondary N) is 2. The van der Waals surface area contributed by atoms with Gasteiger partial charge in [-0.2, -0.15) is 0 Å². The highest BCUT2D eigenvalue weighted by atomic mass is 79.9. The van der Waals surface area contributed by atoms with Crippen molar-refractivity contribution in [3.63, 3.8) is 0 Å². The average molecular weight is 517 g/mol. The fraction of sp³-hybridized carbons (Fsp3) is 0.0870. The summed E-state index contributed by atoms with van der Waals surface area (Å²) in [6, 6.07) is 18.6. The van der Waals surface area contributed by atoms with Crippen molar-refractivity contribution in [2.75, 3.05) is 5.32 Å². The van der Waals surface area contributed by atoms with Gasteiger partial charge in [-0.3, -0.25) is 9.79 Å². The molecule has 0 aliphatic carbocycles. The highest BCUT2D eigenvalue weighted by Gasteiger charge is 2.09. The zero-order valence-electron chi connectivity index (χ0n) is 16.5. The molecule has 0 fully saturated rings. The van der Waals surface area contributed by atoms with Crippen molar-refractivity contribution in [3.05, 3.63) is 86.8 Å². The number of hydrogen-bond donors (Lipinski definition) is 3. The third-order valence-corrected chi connectivity index (χ3v) is 5.45. The number of aliphatic imine (C=N–C) groups is 1. The van der Waals surface area contributed by atoms with Crippen molar-refractivity contribution in [2.45, 2.75) is 13.3 Å². The van der Waals surface area contributed by atoms with Gasteiger partial charge in [0, 0.05) is 29.4 Å². The summed E-state index contributed by atoms with van der Waals surface area (Å²) >= 11 is 14.7. The summed E-state index contributed by atoms with van der Waals surface area (Å²) < 4.78 is 0.588. The molecule has 0 bridgehead atoms. The fourth-order valence-corrected chi connectivity index (χ4v) is 3.83. The van der Waals surface area contributed by atoms with Gasteiger partial charge in [0.2, 0.25) is 5.91 Å². The Kier molecular flexibility index (Phi) is 7.79. The van der Waals surface area contributed by atoms with E-state index in [-0.39, 0.29) is 16.8 Å². The maximum atomic E-state index is 11.0. The second-order valence-electron chi connectivity index (χ2n) is 6.72. The molecule has 1 amide bonds. The number of nitrogens with zero attached hydrogens (tertiary/aromatic N) is 1. The van der Waals surface area contributed by atoms with Gasteiger partial charge in [-0.1, -0.05) is 29.8 Å². The standard InChI is InChI=1S/C23H19BrClN3O2S/c1-14(29)27-23(31)28-19-8-6-18(7-9-19)26-13-17-11-15(12-20(24)22(17)30)10-16-4-2-3-5-21(16)25/h2-9,11-13,30H,10H2,1H3,(H2,27,28,29,31). The van der Waals surface area contributed by atoms with E-state index in [1.807, 2.05) is 36.4 Å². The van der Waals surface area contributed by atoms with Crippen molar-refractivity contribution < 1.29 is 9.90 Å². The molecule has 31 heavy (non-hydrogen) atoms. The summed E-state index contributed by atoms with van der Waals surface area (Å²) in [7, 11) is 0. The van der Waals surface area contributed by atoms with E-state index in [1.54, 1.807) is 30.5 Å². The second-order valence-corrected chi connectivity index (χ2v) is 8.39. The van der Waals surface area contributed by atoms with Crippen molar-refractivity contribution in [1.29, 1.82) is 0 Å². The first kappa shape index (κ1) is 22.9. The first-order valence-corrected chi connectivity index (χ1v) is 10.9. The van der Waals surface area contributed by atoms with Crippen LogP contribution in [0.2, 0.25) is 5.02 Å². The molecular weight excluding hydrogens is 498 g/mol. The first-order valence-electron chi connectivity index (χ1n) is 9.29. The van der Waals surface area contributed by atoms with Gasteiger partial charge in [0.05, 0.1) is 10.2 Å². The van der Waals surface area contributed by atoms with E-state index >= 15 is 0 Å². The molecule has 3 aromatic carbocycles. The lowest BCUT2D eigenvalue weighted by Crippen LogP contribution is -2.32. The Morgan fingerprint density at radius 2 is 1.90 bits per heavy atom. The highest BCUT2D eigenvalue weighted by Crippen LogP contribution is 2.31. The van der Waals surface area contributed by atoms with Crippen LogP contribution in [0.25, 0.3) is 0 Å². The normalized spacial score (nSPS) is 10.8. The van der Waals surface area contributed by atoms with Crippen LogP contribution in [0.3, 0.4) is 0 Å². The zero-order valence-corrected chi connectivity index (χ0v) is 19.7. The Balaban J connectivity index is 1.75. The molecule has 0 aliphatic heterocycles. The van der Waals surface area contributed by atoms with E-state index in [2.05, 4.69) is 31.6 Å². The van der Waals surface area contributed by atoms with Crippen LogP contribution in [0.5, 0.6) is 5.75 Å². The molecule has 0 radical (unpaired) electrons. The van der Waals surface area contributed by atoms with Crippen LogP contribution in [0.15, 0.2) is 70.1 Å². The minimum atomic E-state index is -0.235. The quantitative estimate of drug-likeness (QED) is 0.288. The Morgan fingerprint density at radius 1 is 1.19 bits per heavy atom. The molecule has 0 saturated heterocycles.